The van der Waals surface area contributed by atoms with Crippen LogP contribution in [0.15, 0.2) is 30.1 Å². The van der Waals surface area contributed by atoms with Crippen molar-refractivity contribution in [2.75, 3.05) is 5.32 Å². The number of hydrogen-bond acceptors (Lipinski definition) is 6. The van der Waals surface area contributed by atoms with Gasteiger partial charge in [0.25, 0.3) is 23.5 Å². The van der Waals surface area contributed by atoms with E-state index < -0.39 is 47.7 Å². The standard InChI is InChI=1S/C23H24ClF3N6O3.C2H6/c1-11-17(19(34)21(36)32-22(16(28)8-30-29)9-23(26,27)10-22)15-3-2-6-33(15)18(11)20(35)31-12-4-5-14(25)13(24)7-12;1-2/h4-5,7-8,30H,2-3,6,9-10,28-29H2,1H3,(H,31,35)(H,32,36);1-2H3/b16-8-;. The molecule has 1 fully saturated rings. The first kappa shape index (κ1) is 29.1. The lowest BCUT2D eigenvalue weighted by molar-refractivity contribution is -0.137. The maximum atomic E-state index is 13.7. The van der Waals surface area contributed by atoms with Crippen LogP contribution in [0.25, 0.3) is 0 Å². The summed E-state index contributed by atoms with van der Waals surface area (Å²) in [7, 11) is 0. The molecule has 1 saturated carbocycles. The monoisotopic (exact) mass is 554 g/mol. The SMILES string of the molecule is CC.Cc1c(C(=O)C(=O)NC2(/C(N)=C/NN)CC(F)(F)C2)c2n(c1C(=O)Nc1ccc(F)c(Cl)c1)CCC2. The highest BCUT2D eigenvalue weighted by Gasteiger charge is 2.59. The van der Waals surface area contributed by atoms with Gasteiger partial charge in [-0.15, -0.1) is 0 Å². The van der Waals surface area contributed by atoms with Crippen LogP contribution < -0.4 is 27.6 Å². The topological polar surface area (TPSA) is 144 Å². The van der Waals surface area contributed by atoms with Crippen LogP contribution in [0, 0.1) is 12.7 Å². The molecule has 13 heteroatoms. The molecule has 0 unspecified atom stereocenters. The fraction of sp³-hybridized carbons (Fsp3) is 0.400. The lowest BCUT2D eigenvalue weighted by atomic mass is 9.71. The van der Waals surface area contributed by atoms with Crippen LogP contribution >= 0.6 is 11.6 Å². The van der Waals surface area contributed by atoms with Crippen LogP contribution in [0.3, 0.4) is 0 Å². The largest absolute Gasteiger partial charge is 0.399 e. The number of carbonyl (C=O) groups excluding carboxylic acids is 3. The number of benzene rings is 1. The number of carbonyl (C=O) groups is 3. The van der Waals surface area contributed by atoms with E-state index in [9.17, 15) is 27.6 Å². The molecule has 2 aromatic rings. The van der Waals surface area contributed by atoms with Crippen molar-refractivity contribution in [3.05, 3.63) is 63.5 Å². The van der Waals surface area contributed by atoms with Crippen molar-refractivity contribution < 1.29 is 27.6 Å². The fourth-order valence-corrected chi connectivity index (χ4v) is 5.07. The molecule has 7 N–H and O–H groups in total. The predicted octanol–water partition coefficient (Wildman–Crippen LogP) is 3.54. The molecule has 0 spiro atoms. The van der Waals surface area contributed by atoms with Gasteiger partial charge in [-0.05, 0) is 43.5 Å². The maximum absolute atomic E-state index is 13.7. The van der Waals surface area contributed by atoms with Gasteiger partial charge in [0.2, 0.25) is 0 Å². The zero-order chi connectivity index (χ0) is 28.4. The summed E-state index contributed by atoms with van der Waals surface area (Å²) < 4.78 is 42.6. The number of nitrogens with two attached hydrogens (primary N) is 2. The highest BCUT2D eigenvalue weighted by Crippen LogP contribution is 2.48. The third-order valence-electron chi connectivity index (χ3n) is 6.50. The van der Waals surface area contributed by atoms with Crippen LogP contribution in [-0.2, 0) is 17.8 Å². The van der Waals surface area contributed by atoms with Crippen molar-refractivity contribution in [1.82, 2.24) is 15.3 Å². The van der Waals surface area contributed by atoms with Crippen molar-refractivity contribution >= 4 is 34.9 Å². The second kappa shape index (κ2) is 11.1. The number of Topliss-reactive ketones (excluding diaryl/α,β-unsaturated/α-hetero) is 1. The Morgan fingerprint density at radius 1 is 1.18 bits per heavy atom. The van der Waals surface area contributed by atoms with Crippen LogP contribution in [0.2, 0.25) is 5.02 Å². The molecule has 2 heterocycles. The molecule has 206 valence electrons. The summed E-state index contributed by atoms with van der Waals surface area (Å²) in [6, 6.07) is 3.69. The van der Waals surface area contributed by atoms with Crippen molar-refractivity contribution in [3.8, 4) is 0 Å². The Bertz CT molecular complexity index is 1300. The van der Waals surface area contributed by atoms with E-state index in [1.165, 1.54) is 19.1 Å². The van der Waals surface area contributed by atoms with Crippen molar-refractivity contribution in [2.45, 2.75) is 64.5 Å². The number of alkyl halides is 2. The molecule has 0 radical (unpaired) electrons. The van der Waals surface area contributed by atoms with Gasteiger partial charge in [0, 0.05) is 37.0 Å². The number of anilines is 1. The summed E-state index contributed by atoms with van der Waals surface area (Å²) in [5.41, 5.74) is 7.42. The Kier molecular flexibility index (Phi) is 8.47. The second-order valence-electron chi connectivity index (χ2n) is 8.97. The molecule has 1 aliphatic heterocycles. The first-order valence-electron chi connectivity index (χ1n) is 12.0. The molecule has 9 nitrogen and oxygen atoms in total. The zero-order valence-corrected chi connectivity index (χ0v) is 21.9. The second-order valence-corrected chi connectivity index (χ2v) is 9.38. The van der Waals surface area contributed by atoms with Crippen molar-refractivity contribution in [2.24, 2.45) is 11.6 Å². The van der Waals surface area contributed by atoms with Gasteiger partial charge < -0.3 is 26.4 Å². The van der Waals surface area contributed by atoms with Crippen LogP contribution in [0.1, 0.15) is 65.2 Å². The molecule has 2 amide bonds. The van der Waals surface area contributed by atoms with Gasteiger partial charge in [-0.3, -0.25) is 20.2 Å². The van der Waals surface area contributed by atoms with Crippen LogP contribution in [0.4, 0.5) is 18.9 Å². The number of fused-ring (bicyclic) bond motifs is 1. The molecule has 1 aromatic heterocycles. The number of rotatable bonds is 7. The smallest absolute Gasteiger partial charge is 0.293 e. The fourth-order valence-electron chi connectivity index (χ4n) is 4.89. The van der Waals surface area contributed by atoms with Gasteiger partial charge in [-0.25, -0.2) is 13.2 Å². The average molecular weight is 555 g/mol. The minimum absolute atomic E-state index is 0.0352. The molecule has 1 aliphatic carbocycles. The summed E-state index contributed by atoms with van der Waals surface area (Å²) in [5.74, 6) is -1.18. The Morgan fingerprint density at radius 3 is 2.42 bits per heavy atom. The lowest BCUT2D eigenvalue weighted by Crippen LogP contribution is -2.65. The molecule has 0 bridgehead atoms. The summed E-state index contributed by atoms with van der Waals surface area (Å²) in [4.78, 5) is 39.3. The Labute approximate surface area is 222 Å². The maximum Gasteiger partial charge on any atom is 0.293 e. The number of hydrogen-bond donors (Lipinski definition) is 5. The van der Waals surface area contributed by atoms with E-state index in [-0.39, 0.29) is 33.2 Å². The molecule has 38 heavy (non-hydrogen) atoms. The number of nitrogens with zero attached hydrogens (tertiary/aromatic N) is 1. The molecule has 2 aliphatic rings. The minimum Gasteiger partial charge on any atom is -0.399 e. The molecular formula is C25H30ClF3N6O3. The number of hydrazine groups is 1. The quantitative estimate of drug-likeness (QED) is 0.153. The van der Waals surface area contributed by atoms with E-state index in [1.54, 1.807) is 4.57 Å². The Morgan fingerprint density at radius 2 is 1.84 bits per heavy atom. The number of aromatic nitrogens is 1. The molecule has 0 atom stereocenters. The number of nitrogens with one attached hydrogen (secondary N) is 3. The highest BCUT2D eigenvalue weighted by atomic mass is 35.5. The number of amides is 2. The minimum atomic E-state index is -3.06. The predicted molar refractivity (Wildman–Crippen MR) is 137 cm³/mol. The van der Waals surface area contributed by atoms with Crippen molar-refractivity contribution in [1.29, 1.82) is 0 Å². The van der Waals surface area contributed by atoms with E-state index in [0.29, 0.717) is 25.1 Å². The van der Waals surface area contributed by atoms with Gasteiger partial charge in [0.1, 0.15) is 11.5 Å². The molecule has 4 rings (SSSR count). The summed E-state index contributed by atoms with van der Waals surface area (Å²) in [5, 5.41) is 4.81. The first-order chi connectivity index (χ1) is 17.9. The van der Waals surface area contributed by atoms with Crippen molar-refractivity contribution in [3.63, 3.8) is 0 Å². The summed E-state index contributed by atoms with van der Waals surface area (Å²) >= 11 is 5.79. The third kappa shape index (κ3) is 5.37. The van der Waals surface area contributed by atoms with Crippen LogP contribution in [0.5, 0.6) is 0 Å². The van der Waals surface area contributed by atoms with Gasteiger partial charge in [0.15, 0.2) is 0 Å². The van der Waals surface area contributed by atoms with Gasteiger partial charge in [-0.2, -0.15) is 0 Å². The zero-order valence-electron chi connectivity index (χ0n) is 21.2. The van der Waals surface area contributed by atoms with Gasteiger partial charge in [-0.1, -0.05) is 25.4 Å². The normalized spacial score (nSPS) is 16.9. The van der Waals surface area contributed by atoms with Crippen LogP contribution in [-0.4, -0.2) is 33.6 Å². The Hall–Kier alpha value is -3.51. The van der Waals surface area contributed by atoms with Gasteiger partial charge in [0.05, 0.1) is 21.8 Å². The third-order valence-corrected chi connectivity index (χ3v) is 6.79. The molecule has 1 aromatic carbocycles. The lowest BCUT2D eigenvalue weighted by Gasteiger charge is -2.47. The Balaban J connectivity index is 0.00000195. The molecule has 0 saturated heterocycles. The molecular weight excluding hydrogens is 525 g/mol. The van der Waals surface area contributed by atoms with E-state index in [1.807, 2.05) is 13.8 Å². The number of ketones is 1. The first-order valence-corrected chi connectivity index (χ1v) is 12.4. The van der Waals surface area contributed by atoms with E-state index in [2.05, 4.69) is 16.1 Å². The summed E-state index contributed by atoms with van der Waals surface area (Å²) in [6.07, 6.45) is 0.570. The van der Waals surface area contributed by atoms with E-state index >= 15 is 0 Å². The average Bonchev–Trinajstić information content (AvgIpc) is 3.40. The highest BCUT2D eigenvalue weighted by molar-refractivity contribution is 6.44. The van der Waals surface area contributed by atoms with E-state index in [0.717, 1.165) is 12.3 Å². The summed E-state index contributed by atoms with van der Waals surface area (Å²) in [6.45, 7) is 5.96. The van der Waals surface area contributed by atoms with Gasteiger partial charge >= 0.3 is 0 Å². The van der Waals surface area contributed by atoms with E-state index in [4.69, 9.17) is 23.2 Å². The number of halogens is 4.